The summed E-state index contributed by atoms with van der Waals surface area (Å²) in [7, 11) is 0. The van der Waals surface area contributed by atoms with E-state index in [2.05, 4.69) is 15.0 Å². The van der Waals surface area contributed by atoms with E-state index < -0.39 is 6.17 Å². The Kier molecular flexibility index (Phi) is 5.07. The summed E-state index contributed by atoms with van der Waals surface area (Å²) >= 11 is 0. The minimum Gasteiger partial charge on any atom is -0.310 e. The number of nitrogens with zero attached hydrogens (tertiary/aromatic N) is 4. The van der Waals surface area contributed by atoms with E-state index in [0.29, 0.717) is 23.5 Å². The molecule has 2 aromatic rings. The van der Waals surface area contributed by atoms with Crippen molar-refractivity contribution in [1.82, 2.24) is 24.6 Å². The number of fused-ring (bicyclic) bond motifs is 1. The maximum Gasteiger partial charge on any atom is 0.262 e. The zero-order chi connectivity index (χ0) is 18.1. The number of H-pyrrole nitrogens is 1. The quantitative estimate of drug-likeness (QED) is 0.889. The van der Waals surface area contributed by atoms with E-state index in [1.54, 1.807) is 13.1 Å². The van der Waals surface area contributed by atoms with Gasteiger partial charge in [-0.3, -0.25) is 9.69 Å². The highest BCUT2D eigenvalue weighted by molar-refractivity contribution is 5.73. The molecule has 0 aromatic carbocycles. The van der Waals surface area contributed by atoms with Crippen LogP contribution in [-0.4, -0.2) is 50.5 Å². The van der Waals surface area contributed by atoms with Gasteiger partial charge < -0.3 is 4.98 Å². The molecule has 4 rings (SSSR count). The van der Waals surface area contributed by atoms with Crippen molar-refractivity contribution >= 4 is 11.0 Å². The molecule has 3 heterocycles. The van der Waals surface area contributed by atoms with Crippen LogP contribution >= 0.6 is 0 Å². The molecule has 1 aliphatic heterocycles. The minimum absolute atomic E-state index is 0.0979. The van der Waals surface area contributed by atoms with Crippen LogP contribution in [0.2, 0.25) is 0 Å². The number of aromatic amines is 1. The van der Waals surface area contributed by atoms with Crippen LogP contribution in [0.5, 0.6) is 0 Å². The lowest BCUT2D eigenvalue weighted by Gasteiger charge is -2.33. The van der Waals surface area contributed by atoms with E-state index >= 15 is 0 Å². The number of nitrogens with one attached hydrogen (secondary N) is 1. The van der Waals surface area contributed by atoms with Gasteiger partial charge in [0.25, 0.3) is 5.56 Å². The Hall–Kier alpha value is -1.76. The van der Waals surface area contributed by atoms with Crippen molar-refractivity contribution in [3.63, 3.8) is 0 Å². The van der Waals surface area contributed by atoms with Crippen LogP contribution in [0.25, 0.3) is 11.0 Å². The van der Waals surface area contributed by atoms with Gasteiger partial charge in [-0.1, -0.05) is 25.7 Å². The molecule has 1 saturated heterocycles. The van der Waals surface area contributed by atoms with E-state index in [9.17, 15) is 9.18 Å². The summed E-state index contributed by atoms with van der Waals surface area (Å²) in [6.45, 7) is 3.74. The molecular weight excluding hydrogens is 333 g/mol. The van der Waals surface area contributed by atoms with Crippen LogP contribution in [0.15, 0.2) is 11.0 Å². The molecule has 6 nitrogen and oxygen atoms in total. The first-order valence-electron chi connectivity index (χ1n) is 9.93. The Morgan fingerprint density at radius 3 is 2.88 bits per heavy atom. The van der Waals surface area contributed by atoms with Crippen LogP contribution in [0.1, 0.15) is 57.3 Å². The van der Waals surface area contributed by atoms with Gasteiger partial charge in [0.05, 0.1) is 12.2 Å². The van der Waals surface area contributed by atoms with Gasteiger partial charge >= 0.3 is 0 Å². The van der Waals surface area contributed by atoms with Crippen molar-refractivity contribution in [2.75, 3.05) is 19.6 Å². The summed E-state index contributed by atoms with van der Waals surface area (Å²) in [6, 6.07) is 0.147. The fourth-order valence-electron chi connectivity index (χ4n) is 4.59. The smallest absolute Gasteiger partial charge is 0.262 e. The van der Waals surface area contributed by atoms with E-state index in [0.717, 1.165) is 38.2 Å². The number of rotatable bonds is 5. The van der Waals surface area contributed by atoms with E-state index in [1.807, 2.05) is 4.68 Å². The molecule has 2 unspecified atom stereocenters. The van der Waals surface area contributed by atoms with Gasteiger partial charge in [0.15, 0.2) is 5.65 Å². The molecule has 0 radical (unpaired) electrons. The lowest BCUT2D eigenvalue weighted by atomic mass is 10.0. The van der Waals surface area contributed by atoms with Crippen LogP contribution in [0.3, 0.4) is 0 Å². The van der Waals surface area contributed by atoms with Gasteiger partial charge in [-0.15, -0.1) is 0 Å². The summed E-state index contributed by atoms with van der Waals surface area (Å²) in [5.74, 6) is 1.41. The molecule has 1 saturated carbocycles. The van der Waals surface area contributed by atoms with Crippen LogP contribution in [0, 0.1) is 5.92 Å². The highest BCUT2D eigenvalue weighted by Gasteiger charge is 2.25. The largest absolute Gasteiger partial charge is 0.310 e. The molecule has 2 aromatic heterocycles. The van der Waals surface area contributed by atoms with Gasteiger partial charge in [-0.05, 0) is 32.2 Å². The summed E-state index contributed by atoms with van der Waals surface area (Å²) in [4.78, 5) is 22.3. The monoisotopic (exact) mass is 361 g/mol. The van der Waals surface area contributed by atoms with Crippen molar-refractivity contribution in [2.45, 2.75) is 64.1 Å². The number of likely N-dealkylation sites (tertiary alicyclic amines) is 1. The second-order valence-electron chi connectivity index (χ2n) is 8.03. The number of aromatic nitrogens is 4. The van der Waals surface area contributed by atoms with Crippen molar-refractivity contribution < 1.29 is 4.39 Å². The molecule has 7 heteroatoms. The van der Waals surface area contributed by atoms with Gasteiger partial charge in [0.2, 0.25) is 0 Å². The van der Waals surface area contributed by atoms with E-state index in [4.69, 9.17) is 4.98 Å². The maximum atomic E-state index is 13.4. The molecule has 0 spiro atoms. The molecule has 2 atom stereocenters. The first-order chi connectivity index (χ1) is 12.6. The number of halogens is 1. The van der Waals surface area contributed by atoms with Crippen molar-refractivity contribution in [3.8, 4) is 0 Å². The maximum absolute atomic E-state index is 13.4. The zero-order valence-electron chi connectivity index (χ0n) is 15.5. The van der Waals surface area contributed by atoms with Gasteiger partial charge in [0.1, 0.15) is 17.4 Å². The molecule has 1 N–H and O–H groups in total. The molecule has 142 valence electrons. The number of hydrogen-bond acceptors (Lipinski definition) is 4. The third kappa shape index (κ3) is 3.68. The lowest BCUT2D eigenvalue weighted by molar-refractivity contribution is 0.138. The molecular formula is C19H28FN5O. The molecule has 26 heavy (non-hydrogen) atoms. The average molecular weight is 361 g/mol. The molecule has 0 amide bonds. The minimum atomic E-state index is -0.831. The third-order valence-corrected chi connectivity index (χ3v) is 5.81. The second-order valence-corrected chi connectivity index (χ2v) is 8.03. The zero-order valence-corrected chi connectivity index (χ0v) is 15.5. The Balaban J connectivity index is 1.60. The fraction of sp³-hybridized carbons (Fsp3) is 0.737. The van der Waals surface area contributed by atoms with Crippen molar-refractivity contribution in [2.24, 2.45) is 5.92 Å². The summed E-state index contributed by atoms with van der Waals surface area (Å²) in [5, 5.41) is 5.03. The topological polar surface area (TPSA) is 66.8 Å². The third-order valence-electron chi connectivity index (χ3n) is 5.81. The highest BCUT2D eigenvalue weighted by atomic mass is 19.1. The first kappa shape index (κ1) is 17.6. The second kappa shape index (κ2) is 7.47. The predicted molar refractivity (Wildman–Crippen MR) is 99.1 cm³/mol. The number of alkyl halides is 1. The van der Waals surface area contributed by atoms with Crippen LogP contribution in [-0.2, 0) is 6.42 Å². The van der Waals surface area contributed by atoms with Crippen molar-refractivity contribution in [3.05, 3.63) is 22.4 Å². The Morgan fingerprint density at radius 2 is 2.12 bits per heavy atom. The van der Waals surface area contributed by atoms with E-state index in [1.165, 1.54) is 25.7 Å². The van der Waals surface area contributed by atoms with Crippen LogP contribution in [0.4, 0.5) is 4.39 Å². The standard InChI is InChI=1S/C19H28FN5O/c1-13(20)11-24-8-4-7-15(12-24)25-18-16(10-21-25)19(26)23-17(22-18)9-14-5-2-3-6-14/h10,13-15H,2-9,11-12H2,1H3,(H,22,23,26). The SMILES string of the molecule is CC(F)CN1CCCC(n2ncc3c(=O)[nH]c(CC4CCCC4)nc32)C1. The highest BCUT2D eigenvalue weighted by Crippen LogP contribution is 2.28. The average Bonchev–Trinajstić information content (AvgIpc) is 3.24. The predicted octanol–water partition coefficient (Wildman–Crippen LogP) is 2.85. The fourth-order valence-corrected chi connectivity index (χ4v) is 4.59. The Bertz CT molecular complexity index is 808. The van der Waals surface area contributed by atoms with Crippen molar-refractivity contribution in [1.29, 1.82) is 0 Å². The normalized spacial score (nSPS) is 23.7. The summed E-state index contributed by atoms with van der Waals surface area (Å²) < 4.78 is 15.3. The van der Waals surface area contributed by atoms with Gasteiger partial charge in [0, 0.05) is 19.5 Å². The molecule has 0 bridgehead atoms. The van der Waals surface area contributed by atoms with E-state index in [-0.39, 0.29) is 11.6 Å². The Labute approximate surface area is 152 Å². The Morgan fingerprint density at radius 1 is 1.31 bits per heavy atom. The summed E-state index contributed by atoms with van der Waals surface area (Å²) in [5.41, 5.74) is 0.584. The van der Waals surface area contributed by atoms with Gasteiger partial charge in [-0.25, -0.2) is 14.1 Å². The molecule has 2 aliphatic rings. The number of piperidine rings is 1. The molecule has 1 aliphatic carbocycles. The lowest BCUT2D eigenvalue weighted by Crippen LogP contribution is -2.39. The number of hydrogen-bond donors (Lipinski definition) is 1. The summed E-state index contributed by atoms with van der Waals surface area (Å²) in [6.07, 6.45) is 8.63. The van der Waals surface area contributed by atoms with Crippen LogP contribution < -0.4 is 5.56 Å². The van der Waals surface area contributed by atoms with Gasteiger partial charge in [-0.2, -0.15) is 5.10 Å². The first-order valence-corrected chi connectivity index (χ1v) is 9.93. The molecule has 2 fully saturated rings.